The number of aromatic nitrogens is 4. The first-order valence-corrected chi connectivity index (χ1v) is 8.65. The molecule has 10 heteroatoms. The molecule has 0 aliphatic rings. The first-order chi connectivity index (χ1) is 12.9. The molecule has 138 valence electrons. The van der Waals surface area contributed by atoms with Crippen molar-refractivity contribution in [3.8, 4) is 0 Å². The minimum Gasteiger partial charge on any atom is -0.357 e. The third-order valence-electron chi connectivity index (χ3n) is 3.84. The average molecular weight is 393 g/mol. The number of halogens is 4. The molecule has 0 amide bonds. The molecule has 4 aromatic rings. The van der Waals surface area contributed by atoms with Crippen molar-refractivity contribution in [2.24, 2.45) is 0 Å². The second-order valence-corrected chi connectivity index (χ2v) is 6.63. The number of benzene rings is 1. The molecule has 27 heavy (non-hydrogen) atoms. The van der Waals surface area contributed by atoms with Crippen molar-refractivity contribution in [2.75, 3.05) is 5.32 Å². The molecular weight excluding hydrogens is 382 g/mol. The number of rotatable bonds is 4. The van der Waals surface area contributed by atoms with E-state index < -0.39 is 18.0 Å². The maximum Gasteiger partial charge on any atom is 0.453 e. The highest BCUT2D eigenvalue weighted by Crippen LogP contribution is 2.31. The number of nitrogens with one attached hydrogen (secondary N) is 1. The lowest BCUT2D eigenvalue weighted by atomic mass is 10.1. The molecule has 0 radical (unpaired) electrons. The van der Waals surface area contributed by atoms with E-state index in [1.807, 2.05) is 17.5 Å². The summed E-state index contributed by atoms with van der Waals surface area (Å²) in [5.74, 6) is -1.37. The molecule has 0 saturated heterocycles. The number of hydrogen-bond donors (Lipinski definition) is 1. The Balaban J connectivity index is 1.74. The summed E-state index contributed by atoms with van der Waals surface area (Å²) in [5, 5.41) is 15.6. The second-order valence-electron chi connectivity index (χ2n) is 5.65. The fraction of sp³-hybridized carbons (Fsp3) is 0.118. The first-order valence-electron chi connectivity index (χ1n) is 7.77. The zero-order valence-electron chi connectivity index (χ0n) is 13.5. The molecule has 0 spiro atoms. The van der Waals surface area contributed by atoms with E-state index in [9.17, 15) is 17.6 Å². The van der Waals surface area contributed by atoms with Gasteiger partial charge in [-0.3, -0.25) is 0 Å². The second kappa shape index (κ2) is 6.62. The molecule has 0 aliphatic carbocycles. The van der Waals surface area contributed by atoms with Gasteiger partial charge in [-0.15, -0.1) is 26.6 Å². The molecule has 1 aromatic carbocycles. The van der Waals surface area contributed by atoms with E-state index in [1.165, 1.54) is 35.6 Å². The zero-order chi connectivity index (χ0) is 19.0. The quantitative estimate of drug-likeness (QED) is 0.517. The van der Waals surface area contributed by atoms with Gasteiger partial charge in [-0.2, -0.15) is 17.7 Å². The van der Waals surface area contributed by atoms with Crippen molar-refractivity contribution in [3.63, 3.8) is 0 Å². The summed E-state index contributed by atoms with van der Waals surface area (Å²) in [7, 11) is 0. The molecule has 1 atom stereocenters. The summed E-state index contributed by atoms with van der Waals surface area (Å²) < 4.78 is 53.1. The van der Waals surface area contributed by atoms with Gasteiger partial charge in [0, 0.05) is 4.88 Å². The SMILES string of the molecule is Fc1ccc([C@H](Nc2ccc3nnc(C(F)(F)F)n3n2)c2cccs2)cc1. The van der Waals surface area contributed by atoms with Gasteiger partial charge in [0.25, 0.3) is 5.82 Å². The summed E-state index contributed by atoms with van der Waals surface area (Å²) in [6.45, 7) is 0. The standard InChI is InChI=1S/C17H11F4N5S/c18-11-5-3-10(4-6-11)15(12-2-1-9-27-12)22-13-7-8-14-23-24-16(17(19,20)21)26(14)25-13/h1-9,15H,(H,22,25)/t15-/m0/s1. The van der Waals surface area contributed by atoms with E-state index in [0.29, 0.717) is 4.52 Å². The van der Waals surface area contributed by atoms with Crippen LogP contribution in [-0.2, 0) is 6.18 Å². The molecule has 3 heterocycles. The molecule has 5 nitrogen and oxygen atoms in total. The molecule has 0 unspecified atom stereocenters. The van der Waals surface area contributed by atoms with Crippen LogP contribution in [0, 0.1) is 5.82 Å². The van der Waals surface area contributed by atoms with Gasteiger partial charge in [-0.1, -0.05) is 18.2 Å². The van der Waals surface area contributed by atoms with Crippen LogP contribution in [0.5, 0.6) is 0 Å². The van der Waals surface area contributed by atoms with Crippen molar-refractivity contribution < 1.29 is 17.6 Å². The lowest BCUT2D eigenvalue weighted by molar-refractivity contribution is -0.146. The summed E-state index contributed by atoms with van der Waals surface area (Å²) in [6.07, 6.45) is -4.67. The minimum atomic E-state index is -4.67. The molecular formula is C17H11F4N5S. The molecule has 1 N–H and O–H groups in total. The average Bonchev–Trinajstić information content (AvgIpc) is 3.29. The van der Waals surface area contributed by atoms with Crippen molar-refractivity contribution >= 4 is 22.8 Å². The van der Waals surface area contributed by atoms with Crippen LogP contribution < -0.4 is 5.32 Å². The molecule has 3 aromatic heterocycles. The number of nitrogens with zero attached hydrogens (tertiary/aromatic N) is 4. The molecule has 0 bridgehead atoms. The Morgan fingerprint density at radius 2 is 1.78 bits per heavy atom. The number of anilines is 1. The predicted molar refractivity (Wildman–Crippen MR) is 92.0 cm³/mol. The number of alkyl halides is 3. The molecule has 0 aliphatic heterocycles. The third kappa shape index (κ3) is 3.47. The van der Waals surface area contributed by atoms with Crippen LogP contribution in [0.4, 0.5) is 23.4 Å². The Hall–Kier alpha value is -3.01. The van der Waals surface area contributed by atoms with Crippen molar-refractivity contribution in [2.45, 2.75) is 12.2 Å². The van der Waals surface area contributed by atoms with E-state index in [2.05, 4.69) is 20.6 Å². The van der Waals surface area contributed by atoms with Gasteiger partial charge in [-0.25, -0.2) is 4.39 Å². The number of thiophene rings is 1. The van der Waals surface area contributed by atoms with Gasteiger partial charge in [0.2, 0.25) is 0 Å². The lowest BCUT2D eigenvalue weighted by Crippen LogP contribution is -2.16. The van der Waals surface area contributed by atoms with E-state index >= 15 is 0 Å². The molecule has 4 rings (SSSR count). The van der Waals surface area contributed by atoms with E-state index in [-0.39, 0.29) is 17.3 Å². The zero-order valence-corrected chi connectivity index (χ0v) is 14.3. The van der Waals surface area contributed by atoms with Crippen LogP contribution >= 0.6 is 11.3 Å². The highest BCUT2D eigenvalue weighted by Gasteiger charge is 2.37. The maximum absolute atomic E-state index is 13.3. The highest BCUT2D eigenvalue weighted by atomic mass is 32.1. The van der Waals surface area contributed by atoms with Crippen molar-refractivity contribution in [1.82, 2.24) is 19.8 Å². The van der Waals surface area contributed by atoms with Crippen LogP contribution in [0.25, 0.3) is 5.65 Å². The summed E-state index contributed by atoms with van der Waals surface area (Å²) in [6, 6.07) is 12.1. The highest BCUT2D eigenvalue weighted by molar-refractivity contribution is 7.10. The van der Waals surface area contributed by atoms with Gasteiger partial charge >= 0.3 is 6.18 Å². The van der Waals surface area contributed by atoms with Crippen molar-refractivity contribution in [3.05, 3.63) is 76.0 Å². The summed E-state index contributed by atoms with van der Waals surface area (Å²) >= 11 is 1.47. The molecule has 0 saturated carbocycles. The summed E-state index contributed by atoms with van der Waals surface area (Å²) in [5.41, 5.74) is 0.739. The maximum atomic E-state index is 13.3. The fourth-order valence-electron chi connectivity index (χ4n) is 2.62. The van der Waals surface area contributed by atoms with Gasteiger partial charge in [0.15, 0.2) is 5.65 Å². The van der Waals surface area contributed by atoms with Gasteiger partial charge in [0.1, 0.15) is 11.6 Å². The van der Waals surface area contributed by atoms with Gasteiger partial charge < -0.3 is 5.32 Å². The monoisotopic (exact) mass is 393 g/mol. The smallest absolute Gasteiger partial charge is 0.357 e. The van der Waals surface area contributed by atoms with Crippen LogP contribution in [0.3, 0.4) is 0 Å². The number of fused-ring (bicyclic) bond motifs is 1. The largest absolute Gasteiger partial charge is 0.453 e. The van der Waals surface area contributed by atoms with Crippen molar-refractivity contribution in [1.29, 1.82) is 0 Å². The Labute approximate surface area is 154 Å². The summed E-state index contributed by atoms with van der Waals surface area (Å²) in [4.78, 5) is 0.906. The third-order valence-corrected chi connectivity index (χ3v) is 4.78. The van der Waals surface area contributed by atoms with E-state index in [1.54, 1.807) is 12.1 Å². The molecule has 0 fully saturated rings. The first kappa shape index (κ1) is 17.4. The lowest BCUT2D eigenvalue weighted by Gasteiger charge is -2.19. The van der Waals surface area contributed by atoms with Crippen LogP contribution in [-0.4, -0.2) is 19.8 Å². The normalized spacial score (nSPS) is 13.0. The van der Waals surface area contributed by atoms with Gasteiger partial charge in [-0.05, 0) is 41.3 Å². The van der Waals surface area contributed by atoms with Crippen LogP contribution in [0.2, 0.25) is 0 Å². The van der Waals surface area contributed by atoms with Crippen LogP contribution in [0.1, 0.15) is 22.3 Å². The predicted octanol–water partition coefficient (Wildman–Crippen LogP) is 4.55. The Morgan fingerprint density at radius 3 is 2.44 bits per heavy atom. The van der Waals surface area contributed by atoms with Gasteiger partial charge in [0.05, 0.1) is 6.04 Å². The Bertz CT molecular complexity index is 1060. The Kier molecular flexibility index (Phi) is 4.27. The van der Waals surface area contributed by atoms with E-state index in [4.69, 9.17) is 0 Å². The topological polar surface area (TPSA) is 55.1 Å². The fourth-order valence-corrected chi connectivity index (χ4v) is 3.42. The van der Waals surface area contributed by atoms with E-state index in [0.717, 1.165) is 10.4 Å². The Morgan fingerprint density at radius 1 is 1.00 bits per heavy atom. The number of hydrogen-bond acceptors (Lipinski definition) is 5. The van der Waals surface area contributed by atoms with Crippen LogP contribution in [0.15, 0.2) is 53.9 Å². The minimum absolute atomic E-state index is 0.0117.